The van der Waals surface area contributed by atoms with Crippen LogP contribution in [0.3, 0.4) is 0 Å². The van der Waals surface area contributed by atoms with Gasteiger partial charge in [-0.3, -0.25) is 9.59 Å². The van der Waals surface area contributed by atoms with Crippen LogP contribution in [0, 0.1) is 5.41 Å². The molecule has 5 aromatic carbocycles. The van der Waals surface area contributed by atoms with Crippen molar-refractivity contribution in [1.29, 1.82) is 0 Å². The Labute approximate surface area is 306 Å². The van der Waals surface area contributed by atoms with Gasteiger partial charge in [0.15, 0.2) is 0 Å². The molecule has 0 bridgehead atoms. The summed E-state index contributed by atoms with van der Waals surface area (Å²) in [6.07, 6.45) is 1.03. The van der Waals surface area contributed by atoms with Gasteiger partial charge in [-0.25, -0.2) is 4.79 Å². The van der Waals surface area contributed by atoms with Crippen molar-refractivity contribution in [3.8, 4) is 5.75 Å². The van der Waals surface area contributed by atoms with E-state index in [2.05, 4.69) is 5.32 Å². The number of nitrogens with one attached hydrogen (secondary N) is 1. The molecule has 1 aliphatic heterocycles. The molecule has 0 saturated carbocycles. The Kier molecular flexibility index (Phi) is 11.5. The van der Waals surface area contributed by atoms with Crippen molar-refractivity contribution in [2.24, 2.45) is 5.41 Å². The van der Waals surface area contributed by atoms with Crippen LogP contribution in [0.5, 0.6) is 5.75 Å². The van der Waals surface area contributed by atoms with Crippen molar-refractivity contribution in [1.82, 2.24) is 10.2 Å². The average molecular weight is 695 g/mol. The topological polar surface area (TPSA) is 84.9 Å². The molecule has 1 heterocycles. The first kappa shape index (κ1) is 36.1. The number of benzene rings is 5. The SMILES string of the molecule is CC(C)(C)C(=O)N1[C@H](Cc2cccc(OCc3ccccc3)c2)c2ccccc2C[C@H]1C(=O)N[C@@H](Cc1ccccc1)C(=O)OCc1ccccc1. The predicted octanol–water partition coefficient (Wildman–Crippen LogP) is 7.82. The average Bonchev–Trinajstić information content (AvgIpc) is 3.16. The van der Waals surface area contributed by atoms with Gasteiger partial charge in [-0.15, -0.1) is 0 Å². The quantitative estimate of drug-likeness (QED) is 0.135. The molecule has 0 spiro atoms. The highest BCUT2D eigenvalue weighted by Crippen LogP contribution is 2.39. The molecule has 3 atom stereocenters. The molecular weight excluding hydrogens is 649 g/mol. The van der Waals surface area contributed by atoms with Crippen LogP contribution in [-0.2, 0) is 51.6 Å². The zero-order chi connectivity index (χ0) is 36.5. The van der Waals surface area contributed by atoms with Gasteiger partial charge in [0.25, 0.3) is 0 Å². The molecular formula is C45H46N2O5. The Morgan fingerprint density at radius 1 is 0.712 bits per heavy atom. The van der Waals surface area contributed by atoms with Gasteiger partial charge in [-0.1, -0.05) is 148 Å². The lowest BCUT2D eigenvalue weighted by Gasteiger charge is -2.45. The Hall–Kier alpha value is -5.69. The maximum atomic E-state index is 14.6. The van der Waals surface area contributed by atoms with Gasteiger partial charge in [0, 0.05) is 18.3 Å². The van der Waals surface area contributed by atoms with E-state index >= 15 is 0 Å². The van der Waals surface area contributed by atoms with E-state index < -0.39 is 35.4 Å². The number of carbonyl (C=O) groups excluding carboxylic acids is 3. The summed E-state index contributed by atoms with van der Waals surface area (Å²) in [5.74, 6) is -0.342. The number of esters is 1. The third kappa shape index (κ3) is 9.15. The van der Waals surface area contributed by atoms with Gasteiger partial charge < -0.3 is 19.7 Å². The van der Waals surface area contributed by atoms with E-state index in [9.17, 15) is 14.4 Å². The number of rotatable bonds is 12. The van der Waals surface area contributed by atoms with Gasteiger partial charge in [0.05, 0.1) is 6.04 Å². The minimum Gasteiger partial charge on any atom is -0.489 e. The van der Waals surface area contributed by atoms with Crippen molar-refractivity contribution in [2.45, 2.75) is 71.4 Å². The number of nitrogens with zero attached hydrogens (tertiary/aromatic N) is 1. The van der Waals surface area contributed by atoms with E-state index in [0.29, 0.717) is 19.4 Å². The van der Waals surface area contributed by atoms with Gasteiger partial charge in [-0.05, 0) is 51.9 Å². The molecule has 1 aliphatic rings. The smallest absolute Gasteiger partial charge is 0.329 e. The van der Waals surface area contributed by atoms with Crippen molar-refractivity contribution in [3.05, 3.63) is 173 Å². The summed E-state index contributed by atoms with van der Waals surface area (Å²) >= 11 is 0. The summed E-state index contributed by atoms with van der Waals surface area (Å²) in [6, 6.07) is 42.7. The van der Waals surface area contributed by atoms with Crippen molar-refractivity contribution >= 4 is 17.8 Å². The fourth-order valence-electron chi connectivity index (χ4n) is 6.68. The number of carbonyl (C=O) groups is 3. The van der Waals surface area contributed by atoms with Crippen LogP contribution in [0.4, 0.5) is 0 Å². The summed E-state index contributed by atoms with van der Waals surface area (Å²) in [5, 5.41) is 3.04. The molecule has 0 saturated heterocycles. The monoisotopic (exact) mass is 694 g/mol. The normalized spacial score (nSPS) is 15.9. The van der Waals surface area contributed by atoms with E-state index in [1.807, 2.05) is 160 Å². The second-order valence-electron chi connectivity index (χ2n) is 14.4. The van der Waals surface area contributed by atoms with Crippen LogP contribution < -0.4 is 10.1 Å². The Balaban J connectivity index is 1.29. The van der Waals surface area contributed by atoms with E-state index in [0.717, 1.165) is 39.1 Å². The van der Waals surface area contributed by atoms with E-state index in [4.69, 9.17) is 9.47 Å². The number of ether oxygens (including phenoxy) is 2. The molecule has 6 rings (SSSR count). The van der Waals surface area contributed by atoms with Crippen LogP contribution in [0.15, 0.2) is 140 Å². The summed E-state index contributed by atoms with van der Waals surface area (Å²) in [7, 11) is 0. The van der Waals surface area contributed by atoms with Crippen LogP contribution in [0.25, 0.3) is 0 Å². The highest BCUT2D eigenvalue weighted by Gasteiger charge is 2.44. The Morgan fingerprint density at radius 3 is 1.94 bits per heavy atom. The minimum absolute atomic E-state index is 0.0858. The lowest BCUT2D eigenvalue weighted by atomic mass is 9.82. The van der Waals surface area contributed by atoms with Crippen LogP contribution in [0.1, 0.15) is 60.2 Å². The number of hydrogen-bond donors (Lipinski definition) is 1. The van der Waals surface area contributed by atoms with Gasteiger partial charge in [-0.2, -0.15) is 0 Å². The molecule has 7 heteroatoms. The summed E-state index contributed by atoms with van der Waals surface area (Å²) < 4.78 is 11.9. The van der Waals surface area contributed by atoms with Gasteiger partial charge >= 0.3 is 5.97 Å². The number of fused-ring (bicyclic) bond motifs is 1. The summed E-state index contributed by atoms with van der Waals surface area (Å²) in [5.41, 5.74) is 5.00. The minimum atomic E-state index is -0.959. The molecule has 7 nitrogen and oxygen atoms in total. The first-order chi connectivity index (χ1) is 25.2. The third-order valence-corrected chi connectivity index (χ3v) is 9.36. The molecule has 5 aromatic rings. The van der Waals surface area contributed by atoms with Crippen molar-refractivity contribution in [2.75, 3.05) is 0 Å². The molecule has 0 fully saturated rings. The second-order valence-corrected chi connectivity index (χ2v) is 14.4. The lowest BCUT2D eigenvalue weighted by Crippen LogP contribution is -2.59. The van der Waals surface area contributed by atoms with Crippen LogP contribution in [-0.4, -0.2) is 34.8 Å². The van der Waals surface area contributed by atoms with Gasteiger partial charge in [0.1, 0.15) is 31.0 Å². The highest BCUT2D eigenvalue weighted by molar-refractivity contribution is 5.93. The van der Waals surface area contributed by atoms with Gasteiger partial charge in [0.2, 0.25) is 11.8 Å². The Bertz CT molecular complexity index is 1960. The molecule has 0 aromatic heterocycles. The van der Waals surface area contributed by atoms with Crippen LogP contribution in [0.2, 0.25) is 0 Å². The second kappa shape index (κ2) is 16.6. The summed E-state index contributed by atoms with van der Waals surface area (Å²) in [4.78, 5) is 44.5. The third-order valence-electron chi connectivity index (χ3n) is 9.36. The molecule has 2 amide bonds. The van der Waals surface area contributed by atoms with E-state index in [1.165, 1.54) is 0 Å². The number of hydrogen-bond acceptors (Lipinski definition) is 5. The van der Waals surface area contributed by atoms with Crippen LogP contribution >= 0.6 is 0 Å². The zero-order valence-corrected chi connectivity index (χ0v) is 30.0. The molecule has 266 valence electrons. The molecule has 1 N–H and O–H groups in total. The first-order valence-corrected chi connectivity index (χ1v) is 17.9. The van der Waals surface area contributed by atoms with E-state index in [-0.39, 0.29) is 18.9 Å². The molecule has 0 unspecified atom stereocenters. The lowest BCUT2D eigenvalue weighted by molar-refractivity contribution is -0.153. The molecule has 52 heavy (non-hydrogen) atoms. The summed E-state index contributed by atoms with van der Waals surface area (Å²) in [6.45, 7) is 6.14. The fraction of sp³-hybridized carbons (Fsp3) is 0.267. The predicted molar refractivity (Wildman–Crippen MR) is 202 cm³/mol. The van der Waals surface area contributed by atoms with E-state index in [1.54, 1.807) is 4.90 Å². The number of amides is 2. The highest BCUT2D eigenvalue weighted by atomic mass is 16.5. The fourth-order valence-corrected chi connectivity index (χ4v) is 6.68. The van der Waals surface area contributed by atoms with Crippen molar-refractivity contribution in [3.63, 3.8) is 0 Å². The largest absolute Gasteiger partial charge is 0.489 e. The molecule has 0 aliphatic carbocycles. The van der Waals surface area contributed by atoms with Crippen molar-refractivity contribution < 1.29 is 23.9 Å². The molecule has 0 radical (unpaired) electrons. The standard InChI is InChI=1S/C45H46N2O5/c1-45(2,3)44(50)47-40(28-35-22-15-24-37(26-35)51-30-33-18-9-5-10-19-33)38-25-14-13-23-36(38)29-41(47)42(48)46-39(27-32-16-7-4-8-17-32)43(49)52-31-34-20-11-6-12-21-34/h4-26,39-41H,27-31H2,1-3H3,(H,46,48)/t39-,40+,41-/m0/s1. The first-order valence-electron chi connectivity index (χ1n) is 17.9. The zero-order valence-electron chi connectivity index (χ0n) is 30.0. The Morgan fingerprint density at radius 2 is 1.29 bits per heavy atom. The maximum Gasteiger partial charge on any atom is 0.329 e. The maximum absolute atomic E-state index is 14.6.